The van der Waals surface area contributed by atoms with Crippen molar-refractivity contribution in [2.24, 2.45) is 0 Å². The highest BCUT2D eigenvalue weighted by Crippen LogP contribution is 2.21. The lowest BCUT2D eigenvalue weighted by molar-refractivity contribution is -0.221. The second kappa shape index (κ2) is 5.63. The van der Waals surface area contributed by atoms with Crippen LogP contribution in [-0.2, 0) is 4.74 Å². The van der Waals surface area contributed by atoms with E-state index >= 15 is 0 Å². The van der Waals surface area contributed by atoms with Gasteiger partial charge in [-0.05, 0) is 0 Å². The van der Waals surface area contributed by atoms with Crippen molar-refractivity contribution >= 4 is 5.82 Å². The maximum Gasteiger partial charge on any atom is 0.252 e. The maximum absolute atomic E-state index is 11.1. The van der Waals surface area contributed by atoms with E-state index in [9.17, 15) is 20.1 Å². The van der Waals surface area contributed by atoms with E-state index in [1.54, 1.807) is 0 Å². The van der Waals surface area contributed by atoms with Crippen molar-refractivity contribution in [3.8, 4) is 0 Å². The van der Waals surface area contributed by atoms with Gasteiger partial charge in [0.1, 0.15) is 30.2 Å². The second-order valence-electron chi connectivity index (χ2n) is 4.19. The average Bonchev–Trinajstić information content (AvgIpc) is 2.39. The number of ether oxygens (including phenoxy) is 1. The van der Waals surface area contributed by atoms with Gasteiger partial charge in [-0.15, -0.1) is 0 Å². The lowest BCUT2D eigenvalue weighted by atomic mass is 9.98. The number of hydrogen-bond donors (Lipinski definition) is 6. The third kappa shape index (κ3) is 2.91. The number of aliphatic hydroxyl groups excluding tert-OH is 4. The summed E-state index contributed by atoms with van der Waals surface area (Å²) in [4.78, 5) is 17.2. The summed E-state index contributed by atoms with van der Waals surface area (Å²) in [5, 5.41) is 40.6. The zero-order valence-electron chi connectivity index (χ0n) is 9.80. The Hall–Kier alpha value is -1.52. The molecule has 1 unspecified atom stereocenters. The van der Waals surface area contributed by atoms with E-state index < -0.39 is 42.8 Å². The van der Waals surface area contributed by atoms with Gasteiger partial charge in [-0.3, -0.25) is 4.79 Å². The first kappa shape index (κ1) is 13.9. The van der Waals surface area contributed by atoms with E-state index in [2.05, 4.69) is 15.3 Å². The molecule has 9 heteroatoms. The Kier molecular flexibility index (Phi) is 4.12. The van der Waals surface area contributed by atoms with E-state index in [-0.39, 0.29) is 5.82 Å². The summed E-state index contributed by atoms with van der Waals surface area (Å²) in [7, 11) is 0. The van der Waals surface area contributed by atoms with Gasteiger partial charge in [0.15, 0.2) is 6.23 Å². The quantitative estimate of drug-likeness (QED) is 0.341. The minimum Gasteiger partial charge on any atom is -0.394 e. The molecule has 106 valence electrons. The highest BCUT2D eigenvalue weighted by molar-refractivity contribution is 5.33. The van der Waals surface area contributed by atoms with E-state index in [1.165, 1.54) is 0 Å². The van der Waals surface area contributed by atoms with E-state index in [0.717, 1.165) is 12.4 Å². The van der Waals surface area contributed by atoms with Crippen molar-refractivity contribution in [1.29, 1.82) is 0 Å². The minimum absolute atomic E-state index is 0.132. The molecule has 5 atom stereocenters. The Balaban J connectivity index is 2.13. The number of aliphatic hydroxyl groups is 4. The molecule has 19 heavy (non-hydrogen) atoms. The fraction of sp³-hybridized carbons (Fsp3) is 0.600. The molecule has 1 fully saturated rings. The number of anilines is 1. The third-order valence-corrected chi connectivity index (χ3v) is 2.86. The van der Waals surface area contributed by atoms with Gasteiger partial charge in [0.2, 0.25) is 0 Å². The van der Waals surface area contributed by atoms with Gasteiger partial charge in [0.25, 0.3) is 5.56 Å². The fourth-order valence-corrected chi connectivity index (χ4v) is 1.81. The number of hydrogen-bond acceptors (Lipinski definition) is 8. The average molecular weight is 273 g/mol. The molecule has 0 saturated carbocycles. The van der Waals surface area contributed by atoms with E-state index in [1.807, 2.05) is 0 Å². The monoisotopic (exact) mass is 273 g/mol. The van der Waals surface area contributed by atoms with Crippen molar-refractivity contribution in [2.75, 3.05) is 11.9 Å². The van der Waals surface area contributed by atoms with Crippen LogP contribution in [0.4, 0.5) is 5.82 Å². The summed E-state index contributed by atoms with van der Waals surface area (Å²) in [5.41, 5.74) is -0.401. The van der Waals surface area contributed by atoms with Crippen LogP contribution in [0.2, 0.25) is 0 Å². The molecule has 0 radical (unpaired) electrons. The lowest BCUT2D eigenvalue weighted by Gasteiger charge is -2.40. The minimum atomic E-state index is -1.48. The first-order valence-corrected chi connectivity index (χ1v) is 5.64. The van der Waals surface area contributed by atoms with Crippen molar-refractivity contribution in [1.82, 2.24) is 9.97 Å². The third-order valence-electron chi connectivity index (χ3n) is 2.86. The summed E-state index contributed by atoms with van der Waals surface area (Å²) >= 11 is 0. The molecule has 0 bridgehead atoms. The van der Waals surface area contributed by atoms with E-state index in [4.69, 9.17) is 9.84 Å². The van der Waals surface area contributed by atoms with Crippen LogP contribution < -0.4 is 10.9 Å². The maximum atomic E-state index is 11.1. The topological polar surface area (TPSA) is 148 Å². The van der Waals surface area contributed by atoms with Crippen molar-refractivity contribution in [3.63, 3.8) is 0 Å². The van der Waals surface area contributed by atoms with Crippen LogP contribution in [0.1, 0.15) is 0 Å². The van der Waals surface area contributed by atoms with Crippen LogP contribution in [0, 0.1) is 0 Å². The van der Waals surface area contributed by atoms with Gasteiger partial charge in [-0.2, -0.15) is 0 Å². The molecule has 6 N–H and O–H groups in total. The predicted octanol–water partition coefficient (Wildman–Crippen LogP) is -3.02. The Morgan fingerprint density at radius 3 is 2.68 bits per heavy atom. The van der Waals surface area contributed by atoms with Crippen LogP contribution in [0.15, 0.2) is 17.2 Å². The number of aromatic nitrogens is 2. The Bertz CT molecular complexity index is 478. The molecule has 0 spiro atoms. The van der Waals surface area contributed by atoms with Gasteiger partial charge in [-0.1, -0.05) is 0 Å². The van der Waals surface area contributed by atoms with Crippen LogP contribution >= 0.6 is 0 Å². The summed E-state index contributed by atoms with van der Waals surface area (Å²) in [6.45, 7) is -0.522. The Labute approximate surface area is 107 Å². The smallest absolute Gasteiger partial charge is 0.252 e. The Morgan fingerprint density at radius 1 is 1.32 bits per heavy atom. The van der Waals surface area contributed by atoms with Crippen LogP contribution in [0.5, 0.6) is 0 Å². The molecular formula is C10H15N3O6. The Morgan fingerprint density at radius 2 is 2.05 bits per heavy atom. The van der Waals surface area contributed by atoms with E-state index in [0.29, 0.717) is 0 Å². The fourth-order valence-electron chi connectivity index (χ4n) is 1.81. The molecule has 0 amide bonds. The summed E-state index contributed by atoms with van der Waals surface area (Å²) in [6.07, 6.45) is -5.30. The largest absolute Gasteiger partial charge is 0.394 e. The van der Waals surface area contributed by atoms with Crippen LogP contribution in [0.25, 0.3) is 0 Å². The molecule has 0 aliphatic carbocycles. The number of nitrogens with one attached hydrogen (secondary N) is 2. The zero-order valence-corrected chi connectivity index (χ0v) is 9.80. The summed E-state index contributed by atoms with van der Waals surface area (Å²) < 4.78 is 5.20. The summed E-state index contributed by atoms with van der Waals surface area (Å²) in [6, 6.07) is 1.14. The van der Waals surface area contributed by atoms with Crippen molar-refractivity contribution in [2.45, 2.75) is 30.6 Å². The van der Waals surface area contributed by atoms with Gasteiger partial charge in [-0.25, -0.2) is 4.98 Å². The molecule has 1 aliphatic heterocycles. The number of rotatable bonds is 3. The lowest BCUT2D eigenvalue weighted by Crippen LogP contribution is -2.60. The van der Waals surface area contributed by atoms with Gasteiger partial charge >= 0.3 is 0 Å². The predicted molar refractivity (Wildman–Crippen MR) is 62.2 cm³/mol. The molecule has 2 rings (SSSR count). The first-order chi connectivity index (χ1) is 9.02. The zero-order chi connectivity index (χ0) is 14.0. The highest BCUT2D eigenvalue weighted by Gasteiger charge is 2.43. The van der Waals surface area contributed by atoms with Crippen LogP contribution in [-0.4, -0.2) is 67.6 Å². The number of aromatic amines is 1. The molecule has 1 saturated heterocycles. The SMILES string of the molecule is O=c1cc(NC2O[C@H](CO)[C@@H](O)[C@H](O)[C@H]2O)nc[nH]1. The highest BCUT2D eigenvalue weighted by atomic mass is 16.6. The normalized spacial score (nSPS) is 35.1. The second-order valence-corrected chi connectivity index (χ2v) is 4.19. The molecule has 1 aromatic rings. The molecule has 9 nitrogen and oxygen atoms in total. The number of nitrogens with zero attached hydrogens (tertiary/aromatic N) is 1. The molecule has 0 aromatic carbocycles. The first-order valence-electron chi connectivity index (χ1n) is 5.64. The molecule has 1 aromatic heterocycles. The van der Waals surface area contributed by atoms with Gasteiger partial charge in [0, 0.05) is 6.07 Å². The molecule has 2 heterocycles. The standard InChI is InChI=1S/C10H15N3O6/c14-2-4-7(16)8(17)9(18)10(19-4)13-5-1-6(15)12-3-11-5/h1,3-4,7-10,14,16-18H,2H2,(H2,11,12,13,15)/t4-,7-,8+,9-,10?/m1/s1. The van der Waals surface area contributed by atoms with Gasteiger partial charge in [0.05, 0.1) is 12.9 Å². The van der Waals surface area contributed by atoms with Crippen molar-refractivity contribution in [3.05, 3.63) is 22.7 Å². The van der Waals surface area contributed by atoms with Gasteiger partial charge < -0.3 is 35.5 Å². The number of H-pyrrole nitrogens is 1. The molecular weight excluding hydrogens is 258 g/mol. The summed E-state index contributed by atoms with van der Waals surface area (Å²) in [5.74, 6) is 0.132. The van der Waals surface area contributed by atoms with Crippen LogP contribution in [0.3, 0.4) is 0 Å². The van der Waals surface area contributed by atoms with Crippen molar-refractivity contribution < 1.29 is 25.2 Å². The molecule has 1 aliphatic rings.